The van der Waals surface area contributed by atoms with E-state index in [2.05, 4.69) is 6.92 Å². The molecule has 0 aliphatic rings. The highest BCUT2D eigenvalue weighted by atomic mass is 32.1. The SMILES string of the molecule is CCc1ccc(Cn2c(C)ccc(C(=O)O)c2=O)s1. The van der Waals surface area contributed by atoms with Gasteiger partial charge >= 0.3 is 5.97 Å². The molecule has 0 aliphatic carbocycles. The molecule has 0 bridgehead atoms. The molecule has 5 heteroatoms. The zero-order valence-corrected chi connectivity index (χ0v) is 11.7. The molecule has 100 valence electrons. The normalized spacial score (nSPS) is 10.6. The molecule has 1 N–H and O–H groups in total. The summed E-state index contributed by atoms with van der Waals surface area (Å²) in [6.45, 7) is 4.32. The number of nitrogens with zero attached hydrogens (tertiary/aromatic N) is 1. The lowest BCUT2D eigenvalue weighted by Crippen LogP contribution is -2.27. The first-order valence-electron chi connectivity index (χ1n) is 6.04. The Morgan fingerprint density at radius 1 is 1.26 bits per heavy atom. The maximum absolute atomic E-state index is 12.1. The Bertz CT molecular complexity index is 670. The lowest BCUT2D eigenvalue weighted by Gasteiger charge is -2.09. The van der Waals surface area contributed by atoms with E-state index in [0.717, 1.165) is 17.0 Å². The predicted molar refractivity (Wildman–Crippen MR) is 75.2 cm³/mol. The summed E-state index contributed by atoms with van der Waals surface area (Å²) in [7, 11) is 0. The van der Waals surface area contributed by atoms with Crippen molar-refractivity contribution in [1.29, 1.82) is 0 Å². The van der Waals surface area contributed by atoms with Crippen molar-refractivity contribution in [3.63, 3.8) is 0 Å². The first kappa shape index (κ1) is 13.5. The standard InChI is InChI=1S/C14H15NO3S/c1-3-10-5-6-11(19-10)8-15-9(2)4-7-12(13(15)16)14(17)18/h4-7H,3,8H2,1-2H3,(H,17,18). The quantitative estimate of drug-likeness (QED) is 0.934. The molecule has 0 saturated carbocycles. The monoisotopic (exact) mass is 277 g/mol. The van der Waals surface area contributed by atoms with Crippen LogP contribution in [0.25, 0.3) is 0 Å². The van der Waals surface area contributed by atoms with Crippen LogP contribution in [0.1, 0.15) is 32.7 Å². The number of rotatable bonds is 4. The number of hydrogen-bond donors (Lipinski definition) is 1. The van der Waals surface area contributed by atoms with E-state index in [1.165, 1.54) is 15.5 Å². The minimum absolute atomic E-state index is 0.183. The van der Waals surface area contributed by atoms with Gasteiger partial charge in [-0.1, -0.05) is 6.92 Å². The Hall–Kier alpha value is -1.88. The fourth-order valence-electron chi connectivity index (χ4n) is 1.88. The average molecular weight is 277 g/mol. The number of carbonyl (C=O) groups is 1. The van der Waals surface area contributed by atoms with Gasteiger partial charge in [-0.05, 0) is 37.6 Å². The highest BCUT2D eigenvalue weighted by molar-refractivity contribution is 7.11. The Kier molecular flexibility index (Phi) is 3.85. The number of aromatic nitrogens is 1. The first-order chi connectivity index (χ1) is 9.02. The Labute approximate surface area is 115 Å². The summed E-state index contributed by atoms with van der Waals surface area (Å²) in [6, 6.07) is 7.06. The van der Waals surface area contributed by atoms with E-state index < -0.39 is 11.5 Å². The van der Waals surface area contributed by atoms with Crippen LogP contribution in [-0.4, -0.2) is 15.6 Å². The van der Waals surface area contributed by atoms with Crippen LogP contribution in [0, 0.1) is 6.92 Å². The third-order valence-electron chi connectivity index (χ3n) is 3.00. The topological polar surface area (TPSA) is 59.3 Å². The van der Waals surface area contributed by atoms with Gasteiger partial charge in [-0.3, -0.25) is 4.79 Å². The molecule has 0 amide bonds. The summed E-state index contributed by atoms with van der Waals surface area (Å²) in [4.78, 5) is 25.4. The van der Waals surface area contributed by atoms with Crippen molar-refractivity contribution >= 4 is 17.3 Å². The van der Waals surface area contributed by atoms with Gasteiger partial charge in [0.25, 0.3) is 5.56 Å². The number of aromatic carboxylic acids is 1. The molecule has 0 aromatic carbocycles. The summed E-state index contributed by atoms with van der Waals surface area (Å²) >= 11 is 1.65. The Morgan fingerprint density at radius 2 is 1.95 bits per heavy atom. The Morgan fingerprint density at radius 3 is 2.53 bits per heavy atom. The van der Waals surface area contributed by atoms with Gasteiger partial charge in [0.1, 0.15) is 5.56 Å². The van der Waals surface area contributed by atoms with E-state index in [0.29, 0.717) is 6.54 Å². The molecule has 2 heterocycles. The zero-order chi connectivity index (χ0) is 14.0. The van der Waals surface area contributed by atoms with Crippen molar-refractivity contribution in [3.05, 3.63) is 55.6 Å². The van der Waals surface area contributed by atoms with Crippen LogP contribution < -0.4 is 5.56 Å². The molecule has 2 aromatic heterocycles. The van der Waals surface area contributed by atoms with E-state index >= 15 is 0 Å². The van der Waals surface area contributed by atoms with Crippen LogP contribution in [0.4, 0.5) is 0 Å². The molecule has 0 unspecified atom stereocenters. The van der Waals surface area contributed by atoms with E-state index in [4.69, 9.17) is 5.11 Å². The van der Waals surface area contributed by atoms with Crippen molar-refractivity contribution in [3.8, 4) is 0 Å². The maximum Gasteiger partial charge on any atom is 0.341 e. The van der Waals surface area contributed by atoms with Crippen molar-refractivity contribution in [1.82, 2.24) is 4.57 Å². The third-order valence-corrected chi connectivity index (χ3v) is 4.22. The van der Waals surface area contributed by atoms with E-state index in [1.54, 1.807) is 24.3 Å². The Balaban J connectivity index is 2.42. The minimum atomic E-state index is -1.18. The molecule has 0 saturated heterocycles. The average Bonchev–Trinajstić information content (AvgIpc) is 2.81. The van der Waals surface area contributed by atoms with E-state index in [1.807, 2.05) is 12.1 Å². The second kappa shape index (κ2) is 5.40. The maximum atomic E-state index is 12.1. The van der Waals surface area contributed by atoms with Crippen molar-refractivity contribution in [2.45, 2.75) is 26.8 Å². The van der Waals surface area contributed by atoms with Crippen LogP contribution in [-0.2, 0) is 13.0 Å². The molecular weight excluding hydrogens is 262 g/mol. The highest BCUT2D eigenvalue weighted by Crippen LogP contribution is 2.18. The molecule has 4 nitrogen and oxygen atoms in total. The van der Waals surface area contributed by atoms with Gasteiger partial charge in [-0.15, -0.1) is 11.3 Å². The zero-order valence-electron chi connectivity index (χ0n) is 10.8. The number of carboxylic acid groups (broad SMARTS) is 1. The second-order valence-corrected chi connectivity index (χ2v) is 5.56. The van der Waals surface area contributed by atoms with Crippen molar-refractivity contribution < 1.29 is 9.90 Å². The minimum Gasteiger partial charge on any atom is -0.477 e. The fraction of sp³-hybridized carbons (Fsp3) is 0.286. The van der Waals surface area contributed by atoms with Gasteiger partial charge < -0.3 is 9.67 Å². The lowest BCUT2D eigenvalue weighted by molar-refractivity contribution is 0.0694. The molecule has 2 aromatic rings. The van der Waals surface area contributed by atoms with Crippen LogP contribution >= 0.6 is 11.3 Å². The molecule has 0 aliphatic heterocycles. The molecule has 2 rings (SSSR count). The van der Waals surface area contributed by atoms with Crippen molar-refractivity contribution in [2.75, 3.05) is 0 Å². The smallest absolute Gasteiger partial charge is 0.341 e. The second-order valence-electron chi connectivity index (χ2n) is 4.31. The predicted octanol–water partition coefficient (Wildman–Crippen LogP) is 2.53. The fourth-order valence-corrected chi connectivity index (χ4v) is 2.83. The van der Waals surface area contributed by atoms with Gasteiger partial charge in [-0.25, -0.2) is 4.79 Å². The number of thiophene rings is 1. The number of aryl methyl sites for hydroxylation is 2. The molecular formula is C14H15NO3S. The number of pyridine rings is 1. The van der Waals surface area contributed by atoms with E-state index in [9.17, 15) is 9.59 Å². The summed E-state index contributed by atoms with van der Waals surface area (Å²) in [5.41, 5.74) is 0.137. The first-order valence-corrected chi connectivity index (χ1v) is 6.86. The van der Waals surface area contributed by atoms with Gasteiger partial charge in [0.15, 0.2) is 0 Å². The van der Waals surface area contributed by atoms with Gasteiger partial charge in [-0.2, -0.15) is 0 Å². The van der Waals surface area contributed by atoms with Crippen LogP contribution in [0.2, 0.25) is 0 Å². The molecule has 0 atom stereocenters. The summed E-state index contributed by atoms with van der Waals surface area (Å²) in [5.74, 6) is -1.18. The molecule has 0 radical (unpaired) electrons. The van der Waals surface area contributed by atoms with Gasteiger partial charge in [0, 0.05) is 15.4 Å². The molecule has 19 heavy (non-hydrogen) atoms. The molecule has 0 fully saturated rings. The molecule has 0 spiro atoms. The van der Waals surface area contributed by atoms with Crippen molar-refractivity contribution in [2.24, 2.45) is 0 Å². The summed E-state index contributed by atoms with van der Waals surface area (Å²) in [5, 5.41) is 8.98. The van der Waals surface area contributed by atoms with Crippen LogP contribution in [0.5, 0.6) is 0 Å². The van der Waals surface area contributed by atoms with Crippen LogP contribution in [0.15, 0.2) is 29.1 Å². The van der Waals surface area contributed by atoms with E-state index in [-0.39, 0.29) is 5.56 Å². The number of carboxylic acids is 1. The highest BCUT2D eigenvalue weighted by Gasteiger charge is 2.13. The lowest BCUT2D eigenvalue weighted by atomic mass is 10.2. The third kappa shape index (κ3) is 2.76. The van der Waals surface area contributed by atoms with Gasteiger partial charge in [0.2, 0.25) is 0 Å². The summed E-state index contributed by atoms with van der Waals surface area (Å²) in [6.07, 6.45) is 0.966. The number of hydrogen-bond acceptors (Lipinski definition) is 3. The van der Waals surface area contributed by atoms with Crippen LogP contribution in [0.3, 0.4) is 0 Å². The largest absolute Gasteiger partial charge is 0.477 e. The summed E-state index contributed by atoms with van der Waals surface area (Å²) < 4.78 is 1.51. The van der Waals surface area contributed by atoms with Gasteiger partial charge in [0.05, 0.1) is 6.54 Å².